The number of carbonyl (C=O) groups excluding carboxylic acids is 1. The first-order valence-corrected chi connectivity index (χ1v) is 8.43. The third kappa shape index (κ3) is 4.22. The zero-order valence-corrected chi connectivity index (χ0v) is 14.0. The Kier molecular flexibility index (Phi) is 5.62. The van der Waals surface area contributed by atoms with Gasteiger partial charge in [-0.25, -0.2) is 0 Å². The van der Waals surface area contributed by atoms with Gasteiger partial charge in [0, 0.05) is 18.7 Å². The Morgan fingerprint density at radius 1 is 1.00 bits per heavy atom. The molecule has 0 aromatic heterocycles. The first kappa shape index (κ1) is 16.7. The maximum atomic E-state index is 12.4. The second-order valence-electron chi connectivity index (χ2n) is 5.85. The van der Waals surface area contributed by atoms with Crippen LogP contribution in [0, 0.1) is 0 Å². The molecular formula is C20H23NO3. The van der Waals surface area contributed by atoms with Crippen LogP contribution in [0.4, 0.5) is 0 Å². The molecule has 0 unspecified atom stereocenters. The van der Waals surface area contributed by atoms with Crippen LogP contribution in [0.15, 0.2) is 48.5 Å². The van der Waals surface area contributed by atoms with Gasteiger partial charge in [0.1, 0.15) is 5.75 Å². The molecular weight excluding hydrogens is 302 g/mol. The number of morpholine rings is 1. The van der Waals surface area contributed by atoms with Gasteiger partial charge in [-0.05, 0) is 30.2 Å². The van der Waals surface area contributed by atoms with Crippen LogP contribution in [0.5, 0.6) is 5.75 Å². The van der Waals surface area contributed by atoms with Crippen molar-refractivity contribution in [3.8, 4) is 16.9 Å². The highest BCUT2D eigenvalue weighted by atomic mass is 16.5. The standard InChI is InChI=1S/C20H23NO3/c1-2-24-19-9-7-17(8-10-19)16-3-5-18(6-4-16)20(22)15-21-11-13-23-14-12-21/h3-10H,2,11-15H2,1H3. The average Bonchev–Trinajstić information content (AvgIpc) is 2.64. The number of benzene rings is 2. The van der Waals surface area contributed by atoms with Gasteiger partial charge >= 0.3 is 0 Å². The molecule has 0 N–H and O–H groups in total. The van der Waals surface area contributed by atoms with Crippen LogP contribution in [0.25, 0.3) is 11.1 Å². The third-order valence-corrected chi connectivity index (χ3v) is 4.18. The highest BCUT2D eigenvalue weighted by Gasteiger charge is 2.15. The molecule has 0 spiro atoms. The molecule has 0 radical (unpaired) electrons. The van der Waals surface area contributed by atoms with Gasteiger partial charge in [0.05, 0.1) is 26.4 Å². The molecule has 126 valence electrons. The van der Waals surface area contributed by atoms with Gasteiger partial charge in [0.25, 0.3) is 0 Å². The predicted molar refractivity (Wildman–Crippen MR) is 94.6 cm³/mol. The molecule has 24 heavy (non-hydrogen) atoms. The lowest BCUT2D eigenvalue weighted by Gasteiger charge is -2.25. The summed E-state index contributed by atoms with van der Waals surface area (Å²) in [7, 11) is 0. The average molecular weight is 325 g/mol. The van der Waals surface area contributed by atoms with Crippen LogP contribution in [-0.2, 0) is 4.74 Å². The van der Waals surface area contributed by atoms with E-state index in [1.807, 2.05) is 55.5 Å². The molecule has 4 heteroatoms. The number of rotatable bonds is 6. The lowest BCUT2D eigenvalue weighted by molar-refractivity contribution is 0.0371. The predicted octanol–water partition coefficient (Wildman–Crippen LogP) is 3.27. The minimum atomic E-state index is 0.162. The monoisotopic (exact) mass is 325 g/mol. The number of nitrogens with zero attached hydrogens (tertiary/aromatic N) is 1. The molecule has 0 amide bonds. The van der Waals surface area contributed by atoms with E-state index >= 15 is 0 Å². The van der Waals surface area contributed by atoms with Gasteiger partial charge in [0.15, 0.2) is 5.78 Å². The molecule has 0 atom stereocenters. The van der Waals surface area contributed by atoms with Crippen LogP contribution in [0.2, 0.25) is 0 Å². The molecule has 0 bridgehead atoms. The van der Waals surface area contributed by atoms with E-state index in [-0.39, 0.29) is 5.78 Å². The molecule has 0 saturated carbocycles. The summed E-state index contributed by atoms with van der Waals surface area (Å²) in [6, 6.07) is 15.8. The molecule has 1 aliphatic rings. The van der Waals surface area contributed by atoms with Crippen LogP contribution >= 0.6 is 0 Å². The normalized spacial score (nSPS) is 15.2. The fraction of sp³-hybridized carbons (Fsp3) is 0.350. The van der Waals surface area contributed by atoms with Crippen LogP contribution in [0.1, 0.15) is 17.3 Å². The van der Waals surface area contributed by atoms with E-state index in [2.05, 4.69) is 4.90 Å². The molecule has 3 rings (SSSR count). The molecule has 1 fully saturated rings. The van der Waals surface area contributed by atoms with Crippen LogP contribution < -0.4 is 4.74 Å². The van der Waals surface area contributed by atoms with E-state index in [0.29, 0.717) is 26.4 Å². The van der Waals surface area contributed by atoms with Gasteiger partial charge in [-0.2, -0.15) is 0 Å². The topological polar surface area (TPSA) is 38.8 Å². The largest absolute Gasteiger partial charge is 0.494 e. The fourth-order valence-corrected chi connectivity index (χ4v) is 2.81. The summed E-state index contributed by atoms with van der Waals surface area (Å²) in [4.78, 5) is 14.5. The molecule has 0 aliphatic carbocycles. The van der Waals surface area contributed by atoms with Gasteiger partial charge in [-0.15, -0.1) is 0 Å². The second-order valence-corrected chi connectivity index (χ2v) is 5.85. The maximum Gasteiger partial charge on any atom is 0.176 e. The van der Waals surface area contributed by atoms with Crippen molar-refractivity contribution in [3.63, 3.8) is 0 Å². The Balaban J connectivity index is 1.64. The lowest BCUT2D eigenvalue weighted by atomic mass is 10.0. The number of ketones is 1. The van der Waals surface area contributed by atoms with Crippen molar-refractivity contribution in [1.82, 2.24) is 4.90 Å². The SMILES string of the molecule is CCOc1ccc(-c2ccc(C(=O)CN3CCOCC3)cc2)cc1. The van der Waals surface area contributed by atoms with E-state index in [4.69, 9.17) is 9.47 Å². The van der Waals surface area contributed by atoms with Crippen molar-refractivity contribution >= 4 is 5.78 Å². The second kappa shape index (κ2) is 8.08. The fourth-order valence-electron chi connectivity index (χ4n) is 2.81. The van der Waals surface area contributed by atoms with E-state index in [9.17, 15) is 4.79 Å². The molecule has 1 heterocycles. The molecule has 2 aromatic carbocycles. The molecule has 1 aliphatic heterocycles. The van der Waals surface area contributed by atoms with Crippen molar-refractivity contribution in [2.45, 2.75) is 6.92 Å². The number of hydrogen-bond acceptors (Lipinski definition) is 4. The Morgan fingerprint density at radius 3 is 2.17 bits per heavy atom. The Bertz CT molecular complexity index is 658. The summed E-state index contributed by atoms with van der Waals surface area (Å²) in [5.74, 6) is 1.04. The van der Waals surface area contributed by atoms with E-state index in [1.165, 1.54) is 0 Å². The summed E-state index contributed by atoms with van der Waals surface area (Å²) < 4.78 is 10.8. The van der Waals surface area contributed by atoms with Crippen molar-refractivity contribution in [1.29, 1.82) is 0 Å². The first-order chi connectivity index (χ1) is 11.8. The van der Waals surface area contributed by atoms with E-state index < -0.39 is 0 Å². The van der Waals surface area contributed by atoms with Crippen LogP contribution in [0.3, 0.4) is 0 Å². The number of hydrogen-bond donors (Lipinski definition) is 0. The highest BCUT2D eigenvalue weighted by molar-refractivity contribution is 5.98. The summed E-state index contributed by atoms with van der Waals surface area (Å²) in [5, 5.41) is 0. The summed E-state index contributed by atoms with van der Waals surface area (Å²) in [6.07, 6.45) is 0. The number of ether oxygens (including phenoxy) is 2. The van der Waals surface area contributed by atoms with Crippen molar-refractivity contribution in [2.24, 2.45) is 0 Å². The molecule has 2 aromatic rings. The zero-order chi connectivity index (χ0) is 16.8. The zero-order valence-electron chi connectivity index (χ0n) is 14.0. The Morgan fingerprint density at radius 2 is 1.58 bits per heavy atom. The van der Waals surface area contributed by atoms with Crippen LogP contribution in [-0.4, -0.2) is 50.1 Å². The minimum Gasteiger partial charge on any atom is -0.494 e. The highest BCUT2D eigenvalue weighted by Crippen LogP contribution is 2.23. The smallest absolute Gasteiger partial charge is 0.176 e. The first-order valence-electron chi connectivity index (χ1n) is 8.43. The Labute approximate surface area is 143 Å². The van der Waals surface area contributed by atoms with Gasteiger partial charge < -0.3 is 9.47 Å². The maximum absolute atomic E-state index is 12.4. The molecule has 4 nitrogen and oxygen atoms in total. The van der Waals surface area contributed by atoms with Gasteiger partial charge in [0.2, 0.25) is 0 Å². The van der Waals surface area contributed by atoms with Crippen molar-refractivity contribution in [2.75, 3.05) is 39.5 Å². The van der Waals surface area contributed by atoms with Gasteiger partial charge in [-0.3, -0.25) is 9.69 Å². The number of carbonyl (C=O) groups is 1. The lowest BCUT2D eigenvalue weighted by Crippen LogP contribution is -2.39. The van der Waals surface area contributed by atoms with E-state index in [1.54, 1.807) is 0 Å². The molecule has 1 saturated heterocycles. The summed E-state index contributed by atoms with van der Waals surface area (Å²) >= 11 is 0. The Hall–Kier alpha value is -2.17. The summed E-state index contributed by atoms with van der Waals surface area (Å²) in [6.45, 7) is 6.19. The minimum absolute atomic E-state index is 0.162. The summed E-state index contributed by atoms with van der Waals surface area (Å²) in [5.41, 5.74) is 2.97. The quantitative estimate of drug-likeness (QED) is 0.764. The van der Waals surface area contributed by atoms with E-state index in [0.717, 1.165) is 35.5 Å². The van der Waals surface area contributed by atoms with Crippen molar-refractivity contribution in [3.05, 3.63) is 54.1 Å². The number of Topliss-reactive ketones (excluding diaryl/α,β-unsaturated/α-hetero) is 1. The van der Waals surface area contributed by atoms with Crippen molar-refractivity contribution < 1.29 is 14.3 Å². The van der Waals surface area contributed by atoms with Gasteiger partial charge in [-0.1, -0.05) is 36.4 Å². The third-order valence-electron chi connectivity index (χ3n) is 4.18.